The van der Waals surface area contributed by atoms with Gasteiger partial charge in [-0.3, -0.25) is 10.1 Å². The van der Waals surface area contributed by atoms with Gasteiger partial charge in [0, 0.05) is 18.6 Å². The van der Waals surface area contributed by atoms with Gasteiger partial charge in [0.15, 0.2) is 0 Å². The van der Waals surface area contributed by atoms with Crippen LogP contribution in [0.1, 0.15) is 6.92 Å². The average molecular weight is 259 g/mol. The summed E-state index contributed by atoms with van der Waals surface area (Å²) >= 11 is 1.66. The van der Waals surface area contributed by atoms with Gasteiger partial charge < -0.3 is 0 Å². The molecular weight excluding hydrogens is 248 g/mol. The van der Waals surface area contributed by atoms with Crippen LogP contribution in [-0.4, -0.2) is 12.2 Å². The van der Waals surface area contributed by atoms with Gasteiger partial charge in [0.1, 0.15) is 6.20 Å². The number of hydrogen-bond acceptors (Lipinski definition) is 4. The molecule has 1 amide bonds. The van der Waals surface area contributed by atoms with Crippen molar-refractivity contribution in [3.8, 4) is 11.1 Å². The fourth-order valence-electron chi connectivity index (χ4n) is 1.79. The molecule has 2 aromatic heterocycles. The third-order valence-electron chi connectivity index (χ3n) is 2.58. The molecule has 0 radical (unpaired) electrons. The second-order valence-electron chi connectivity index (χ2n) is 3.95. The normalized spacial score (nSPS) is 16.6. The van der Waals surface area contributed by atoms with Crippen molar-refractivity contribution in [2.75, 3.05) is 0 Å². The summed E-state index contributed by atoms with van der Waals surface area (Å²) in [5, 5.41) is 11.1. The van der Waals surface area contributed by atoms with E-state index in [-0.39, 0.29) is 5.91 Å². The lowest BCUT2D eigenvalue weighted by Crippen LogP contribution is -2.33. The molecule has 1 unspecified atom stereocenters. The molecule has 2 aromatic rings. The molecule has 1 N–H and O–H groups in total. The van der Waals surface area contributed by atoms with Gasteiger partial charge in [0.2, 0.25) is 5.91 Å². The first-order chi connectivity index (χ1) is 8.72. The van der Waals surface area contributed by atoms with Crippen molar-refractivity contribution in [1.29, 1.82) is 0 Å². The monoisotopic (exact) mass is 259 g/mol. The van der Waals surface area contributed by atoms with Crippen LogP contribution in [0.5, 0.6) is 0 Å². The van der Waals surface area contributed by atoms with Gasteiger partial charge in [-0.15, -0.1) is 0 Å². The summed E-state index contributed by atoms with van der Waals surface area (Å²) in [5.41, 5.74) is 2.99. The van der Waals surface area contributed by atoms with Crippen LogP contribution in [0.2, 0.25) is 0 Å². The fourth-order valence-corrected chi connectivity index (χ4v) is 2.45. The number of rotatable bonds is 2. The van der Waals surface area contributed by atoms with Crippen LogP contribution in [0.4, 0.5) is 0 Å². The Hall–Kier alpha value is -2.08. The van der Waals surface area contributed by atoms with Crippen molar-refractivity contribution < 1.29 is 9.16 Å². The predicted octanol–water partition coefficient (Wildman–Crippen LogP) is 0.787. The van der Waals surface area contributed by atoms with E-state index in [9.17, 15) is 4.79 Å². The number of fused-ring (bicyclic) bond motifs is 1. The first-order valence-electron chi connectivity index (χ1n) is 5.50. The zero-order valence-electron chi connectivity index (χ0n) is 9.70. The van der Waals surface area contributed by atoms with E-state index in [4.69, 9.17) is 0 Å². The van der Waals surface area contributed by atoms with E-state index in [1.165, 1.54) is 6.92 Å². The second kappa shape index (κ2) is 4.30. The molecule has 1 atom stereocenters. The van der Waals surface area contributed by atoms with E-state index in [1.54, 1.807) is 15.7 Å². The van der Waals surface area contributed by atoms with Crippen LogP contribution < -0.4 is 15.2 Å². The minimum absolute atomic E-state index is 0.140. The van der Waals surface area contributed by atoms with Crippen molar-refractivity contribution in [2.45, 2.75) is 13.2 Å². The van der Waals surface area contributed by atoms with Gasteiger partial charge in [0.25, 0.3) is 0 Å². The highest BCUT2D eigenvalue weighted by Gasteiger charge is 2.20. The van der Waals surface area contributed by atoms with Gasteiger partial charge in [-0.2, -0.15) is 11.3 Å². The molecule has 1 aliphatic heterocycles. The predicted molar refractivity (Wildman–Crippen MR) is 66.5 cm³/mol. The minimum atomic E-state index is -0.514. The Bertz CT molecular complexity index is 708. The molecular formula is C12H11N4OS+. The van der Waals surface area contributed by atoms with Crippen molar-refractivity contribution in [3.63, 3.8) is 0 Å². The number of amides is 1. The summed E-state index contributed by atoms with van der Waals surface area (Å²) in [6.07, 6.45) is 1.41. The molecule has 0 saturated heterocycles. The molecule has 3 rings (SSSR count). The van der Waals surface area contributed by atoms with Crippen LogP contribution in [0.3, 0.4) is 0 Å². The van der Waals surface area contributed by atoms with E-state index in [0.29, 0.717) is 0 Å². The van der Waals surface area contributed by atoms with Crippen molar-refractivity contribution >= 4 is 17.2 Å². The molecule has 18 heavy (non-hydrogen) atoms. The zero-order chi connectivity index (χ0) is 12.5. The Kier molecular flexibility index (Phi) is 2.64. The Balaban J connectivity index is 2.01. The molecule has 3 heterocycles. The summed E-state index contributed by atoms with van der Waals surface area (Å²) in [4.78, 5) is 15.2. The average Bonchev–Trinajstić information content (AvgIpc) is 2.94. The number of thiophene rings is 1. The van der Waals surface area contributed by atoms with Crippen molar-refractivity contribution in [1.82, 2.24) is 5.32 Å². The largest absolute Gasteiger partial charge is 0.347 e. The molecule has 0 fully saturated rings. The van der Waals surface area contributed by atoms with Gasteiger partial charge in [-0.05, 0) is 38.6 Å². The van der Waals surface area contributed by atoms with Crippen LogP contribution >= 0.6 is 11.3 Å². The molecule has 1 aliphatic rings. The summed E-state index contributed by atoms with van der Waals surface area (Å²) in [6, 6.07) is 5.96. The summed E-state index contributed by atoms with van der Waals surface area (Å²) in [6.45, 7) is 1.45. The van der Waals surface area contributed by atoms with Gasteiger partial charge >= 0.3 is 11.8 Å². The maximum Gasteiger partial charge on any atom is 0.347 e. The molecule has 0 saturated carbocycles. The molecule has 5 nitrogen and oxygen atoms in total. The van der Waals surface area contributed by atoms with E-state index < -0.39 is 6.29 Å². The Morgan fingerprint density at radius 3 is 3.00 bits per heavy atom. The van der Waals surface area contributed by atoms with Crippen LogP contribution in [-0.2, 0) is 4.79 Å². The third-order valence-corrected chi connectivity index (χ3v) is 3.27. The highest BCUT2D eigenvalue weighted by Crippen LogP contribution is 2.19. The molecule has 0 aromatic carbocycles. The number of hydrogen-bond donors (Lipinski definition) is 1. The highest BCUT2D eigenvalue weighted by molar-refractivity contribution is 7.08. The molecule has 0 bridgehead atoms. The SMILES string of the molecule is CC(=O)NC1N=c2ccc(-c3ccsc3)c[n+]2=N1. The summed E-state index contributed by atoms with van der Waals surface area (Å²) in [7, 11) is 0. The molecule has 90 valence electrons. The number of nitrogens with one attached hydrogen (secondary N) is 1. The quantitative estimate of drug-likeness (QED) is 0.796. The van der Waals surface area contributed by atoms with Gasteiger partial charge in [-0.1, -0.05) is 4.36 Å². The van der Waals surface area contributed by atoms with Crippen LogP contribution in [0.25, 0.3) is 11.1 Å². The maximum atomic E-state index is 11.0. The number of nitrogens with zero attached hydrogens (tertiary/aromatic N) is 3. The van der Waals surface area contributed by atoms with E-state index in [0.717, 1.165) is 16.6 Å². The summed E-state index contributed by atoms with van der Waals surface area (Å²) < 4.78 is 1.70. The fraction of sp³-hybridized carbons (Fsp3) is 0.167. The Morgan fingerprint density at radius 2 is 2.28 bits per heavy atom. The van der Waals surface area contributed by atoms with Gasteiger partial charge in [-0.25, -0.2) is 0 Å². The lowest BCUT2D eigenvalue weighted by molar-refractivity contribution is -0.559. The van der Waals surface area contributed by atoms with E-state index in [1.807, 2.05) is 23.7 Å². The minimum Gasteiger partial charge on any atom is -0.293 e. The number of carbonyl (C=O) groups is 1. The first kappa shape index (κ1) is 11.0. The van der Waals surface area contributed by atoms with Crippen LogP contribution in [0.15, 0.2) is 45.3 Å². The summed E-state index contributed by atoms with van der Waals surface area (Å²) in [5.74, 6) is -0.140. The topological polar surface area (TPSA) is 59.7 Å². The first-order valence-corrected chi connectivity index (χ1v) is 6.44. The Labute approximate surface area is 107 Å². The molecule has 0 spiro atoms. The van der Waals surface area contributed by atoms with E-state index >= 15 is 0 Å². The molecule has 0 aliphatic carbocycles. The lowest BCUT2D eigenvalue weighted by atomic mass is 10.2. The highest BCUT2D eigenvalue weighted by atomic mass is 32.1. The zero-order valence-corrected chi connectivity index (χ0v) is 10.5. The van der Waals surface area contributed by atoms with E-state index in [2.05, 4.69) is 26.9 Å². The van der Waals surface area contributed by atoms with Crippen LogP contribution in [0, 0.1) is 0 Å². The van der Waals surface area contributed by atoms with Crippen molar-refractivity contribution in [3.05, 3.63) is 40.6 Å². The number of aromatic nitrogens is 1. The Morgan fingerprint density at radius 1 is 1.39 bits per heavy atom. The number of pyridine rings is 1. The maximum absolute atomic E-state index is 11.0. The smallest absolute Gasteiger partial charge is 0.293 e. The standard InChI is InChI=1S/C12H10N4OS/c1-8(17)13-12-14-11-3-2-9(6-16(11)15-12)10-4-5-18-7-10/h2-7,12H,1H3/p+1. The lowest BCUT2D eigenvalue weighted by Gasteiger charge is -1.94. The third kappa shape index (κ3) is 2.02. The van der Waals surface area contributed by atoms with Crippen molar-refractivity contribution in [2.24, 2.45) is 10.1 Å². The second-order valence-corrected chi connectivity index (χ2v) is 4.73. The van der Waals surface area contributed by atoms with Gasteiger partial charge in [0.05, 0.1) is 0 Å². The number of carbonyl (C=O) groups excluding carboxylic acids is 1. The molecule has 6 heteroatoms.